The summed E-state index contributed by atoms with van der Waals surface area (Å²) in [7, 11) is 0. The zero-order valence-electron chi connectivity index (χ0n) is 9.60. The third kappa shape index (κ3) is 5.55. The fourth-order valence-corrected chi connectivity index (χ4v) is 2.36. The van der Waals surface area contributed by atoms with Crippen molar-refractivity contribution in [3.63, 3.8) is 0 Å². The third-order valence-corrected chi connectivity index (χ3v) is 4.11. The summed E-state index contributed by atoms with van der Waals surface area (Å²) >= 11 is 3.36. The Morgan fingerprint density at radius 1 is 1.40 bits per heavy atom. The second kappa shape index (κ2) is 7.26. The maximum absolute atomic E-state index is 11.5. The van der Waals surface area contributed by atoms with Crippen molar-refractivity contribution < 1.29 is 4.79 Å². The highest BCUT2D eigenvalue weighted by atomic mass is 79.9. The smallest absolute Gasteiger partial charge is 0.220 e. The highest BCUT2D eigenvalue weighted by Gasteiger charge is 2.15. The monoisotopic (exact) mass is 275 g/mol. The lowest BCUT2D eigenvalue weighted by Crippen LogP contribution is -2.33. The second-order valence-electron chi connectivity index (χ2n) is 4.67. The zero-order chi connectivity index (χ0) is 11.1. The van der Waals surface area contributed by atoms with Gasteiger partial charge in [-0.3, -0.25) is 4.79 Å². The van der Waals surface area contributed by atoms with E-state index in [9.17, 15) is 4.79 Å². The molecule has 0 aromatic carbocycles. The Kier molecular flexibility index (Phi) is 6.30. The van der Waals surface area contributed by atoms with Crippen LogP contribution in [-0.4, -0.2) is 17.3 Å². The Bertz CT molecular complexity index is 190. The molecule has 0 spiro atoms. The predicted molar refractivity (Wildman–Crippen MR) is 67.2 cm³/mol. The Morgan fingerprint density at radius 2 is 2.07 bits per heavy atom. The van der Waals surface area contributed by atoms with Crippen molar-refractivity contribution >= 4 is 21.8 Å². The molecule has 0 heterocycles. The number of alkyl halides is 1. The summed E-state index contributed by atoms with van der Waals surface area (Å²) in [6.45, 7) is 2.02. The average molecular weight is 276 g/mol. The summed E-state index contributed by atoms with van der Waals surface area (Å²) < 4.78 is 0. The van der Waals surface area contributed by atoms with Crippen molar-refractivity contribution in [3.8, 4) is 0 Å². The van der Waals surface area contributed by atoms with Crippen molar-refractivity contribution in [2.45, 2.75) is 57.9 Å². The van der Waals surface area contributed by atoms with Crippen LogP contribution in [0.2, 0.25) is 0 Å². The molecule has 1 saturated carbocycles. The minimum absolute atomic E-state index is 0.215. The molecule has 1 fully saturated rings. The fraction of sp³-hybridized carbons (Fsp3) is 0.917. The number of nitrogens with one attached hydrogen (secondary N) is 1. The van der Waals surface area contributed by atoms with E-state index in [-0.39, 0.29) is 11.9 Å². The summed E-state index contributed by atoms with van der Waals surface area (Å²) in [4.78, 5) is 11.5. The molecule has 88 valence electrons. The van der Waals surface area contributed by atoms with E-state index in [4.69, 9.17) is 0 Å². The maximum atomic E-state index is 11.5. The summed E-state index contributed by atoms with van der Waals surface area (Å²) in [6.07, 6.45) is 8.59. The molecule has 0 saturated heterocycles. The van der Waals surface area contributed by atoms with E-state index >= 15 is 0 Å². The quantitative estimate of drug-likeness (QED) is 0.767. The van der Waals surface area contributed by atoms with Gasteiger partial charge in [-0.25, -0.2) is 0 Å². The van der Waals surface area contributed by atoms with Crippen LogP contribution in [0.1, 0.15) is 51.9 Å². The molecule has 2 nitrogen and oxygen atoms in total. The number of rotatable bonds is 5. The molecular weight excluding hydrogens is 254 g/mol. The van der Waals surface area contributed by atoms with Gasteiger partial charge in [0.05, 0.1) is 0 Å². The van der Waals surface area contributed by atoms with Crippen LogP contribution in [0.15, 0.2) is 0 Å². The van der Waals surface area contributed by atoms with Gasteiger partial charge in [0, 0.05) is 17.8 Å². The molecule has 0 aliphatic heterocycles. The molecule has 0 bridgehead atoms. The summed E-state index contributed by atoms with van der Waals surface area (Å²) in [6, 6.07) is 0.254. The van der Waals surface area contributed by atoms with E-state index in [2.05, 4.69) is 21.2 Å². The summed E-state index contributed by atoms with van der Waals surface area (Å²) in [5.41, 5.74) is 0. The van der Waals surface area contributed by atoms with E-state index < -0.39 is 0 Å². The minimum atomic E-state index is 0.215. The highest BCUT2D eigenvalue weighted by Crippen LogP contribution is 2.27. The molecule has 1 amide bonds. The molecule has 1 atom stereocenters. The van der Waals surface area contributed by atoms with E-state index in [1.807, 2.05) is 6.92 Å². The van der Waals surface area contributed by atoms with Crippen LogP contribution in [0, 0.1) is 5.92 Å². The molecule has 3 heteroatoms. The van der Waals surface area contributed by atoms with Crippen molar-refractivity contribution in [3.05, 3.63) is 0 Å². The largest absolute Gasteiger partial charge is 0.353 e. The van der Waals surface area contributed by atoms with Gasteiger partial charge in [-0.15, -0.1) is 0 Å². The van der Waals surface area contributed by atoms with Crippen LogP contribution < -0.4 is 5.32 Å². The van der Waals surface area contributed by atoms with Crippen molar-refractivity contribution in [1.82, 2.24) is 5.32 Å². The van der Waals surface area contributed by atoms with E-state index in [0.717, 1.165) is 17.7 Å². The molecule has 0 aromatic rings. The van der Waals surface area contributed by atoms with Gasteiger partial charge < -0.3 is 5.32 Å². The molecule has 1 rings (SSSR count). The molecule has 0 aromatic heterocycles. The lowest BCUT2D eigenvalue weighted by molar-refractivity contribution is -0.121. The Labute approximate surface area is 101 Å². The van der Waals surface area contributed by atoms with Crippen LogP contribution in [-0.2, 0) is 4.79 Å². The lowest BCUT2D eigenvalue weighted by atomic mass is 9.86. The first-order chi connectivity index (χ1) is 7.22. The Morgan fingerprint density at radius 3 is 2.67 bits per heavy atom. The number of halogens is 1. The first-order valence-corrected chi connectivity index (χ1v) is 7.20. The molecule has 15 heavy (non-hydrogen) atoms. The molecule has 1 aliphatic rings. The van der Waals surface area contributed by atoms with E-state index in [1.54, 1.807) is 0 Å². The van der Waals surface area contributed by atoms with Crippen LogP contribution >= 0.6 is 15.9 Å². The van der Waals surface area contributed by atoms with Gasteiger partial charge in [-0.05, 0) is 19.3 Å². The van der Waals surface area contributed by atoms with Crippen molar-refractivity contribution in [1.29, 1.82) is 0 Å². The number of hydrogen-bond acceptors (Lipinski definition) is 1. The SMILES string of the molecule is CC(CBr)NC(=O)CCC1CCCCC1. The number of carbonyl (C=O) groups is 1. The van der Waals surface area contributed by atoms with Gasteiger partial charge in [0.2, 0.25) is 5.91 Å². The Balaban J connectivity index is 2.10. The molecule has 1 N–H and O–H groups in total. The molecule has 1 unspecified atom stereocenters. The second-order valence-corrected chi connectivity index (χ2v) is 5.31. The maximum Gasteiger partial charge on any atom is 0.220 e. The number of amides is 1. The van der Waals surface area contributed by atoms with Gasteiger partial charge >= 0.3 is 0 Å². The molecular formula is C12H22BrNO. The normalized spacial score (nSPS) is 19.9. The zero-order valence-corrected chi connectivity index (χ0v) is 11.2. The Hall–Kier alpha value is -0.0500. The third-order valence-electron chi connectivity index (χ3n) is 3.14. The standard InChI is InChI=1S/C12H22BrNO/c1-10(9-13)14-12(15)8-7-11-5-3-2-4-6-11/h10-11H,2-9H2,1H3,(H,14,15). The van der Waals surface area contributed by atoms with Crippen LogP contribution in [0.3, 0.4) is 0 Å². The number of hydrogen-bond donors (Lipinski definition) is 1. The first kappa shape index (κ1) is 13.0. The lowest BCUT2D eigenvalue weighted by Gasteiger charge is -2.21. The van der Waals surface area contributed by atoms with Crippen LogP contribution in [0.5, 0.6) is 0 Å². The molecule has 1 aliphatic carbocycles. The molecule has 0 radical (unpaired) electrons. The number of carbonyl (C=O) groups excluding carboxylic acids is 1. The topological polar surface area (TPSA) is 29.1 Å². The predicted octanol–water partition coefficient (Wildman–Crippen LogP) is 3.25. The van der Waals surface area contributed by atoms with Crippen LogP contribution in [0.4, 0.5) is 0 Å². The average Bonchev–Trinajstić information content (AvgIpc) is 2.27. The van der Waals surface area contributed by atoms with Gasteiger partial charge in [-0.2, -0.15) is 0 Å². The van der Waals surface area contributed by atoms with E-state index in [1.165, 1.54) is 32.1 Å². The van der Waals surface area contributed by atoms with Gasteiger partial charge in [0.15, 0.2) is 0 Å². The fourth-order valence-electron chi connectivity index (χ4n) is 2.20. The van der Waals surface area contributed by atoms with Crippen molar-refractivity contribution in [2.75, 3.05) is 5.33 Å². The van der Waals surface area contributed by atoms with Gasteiger partial charge in [0.25, 0.3) is 0 Å². The summed E-state index contributed by atoms with van der Waals surface area (Å²) in [5.74, 6) is 1.02. The van der Waals surface area contributed by atoms with Crippen molar-refractivity contribution in [2.24, 2.45) is 5.92 Å². The first-order valence-electron chi connectivity index (χ1n) is 6.07. The van der Waals surface area contributed by atoms with Crippen LogP contribution in [0.25, 0.3) is 0 Å². The van der Waals surface area contributed by atoms with Gasteiger partial charge in [-0.1, -0.05) is 48.0 Å². The highest BCUT2D eigenvalue weighted by molar-refractivity contribution is 9.09. The minimum Gasteiger partial charge on any atom is -0.353 e. The van der Waals surface area contributed by atoms with E-state index in [0.29, 0.717) is 6.42 Å². The summed E-state index contributed by atoms with van der Waals surface area (Å²) in [5, 5.41) is 3.82. The van der Waals surface area contributed by atoms with Gasteiger partial charge in [0.1, 0.15) is 0 Å².